The van der Waals surface area contributed by atoms with Gasteiger partial charge in [0.05, 0.1) is 12.2 Å². The van der Waals surface area contributed by atoms with E-state index in [0.29, 0.717) is 12.8 Å². The largest absolute Gasteiger partial charge is 0.393 e. The molecule has 0 fully saturated rings. The van der Waals surface area contributed by atoms with E-state index in [1.54, 1.807) is 6.92 Å². The van der Waals surface area contributed by atoms with Crippen molar-refractivity contribution in [3.8, 4) is 0 Å². The Morgan fingerprint density at radius 2 is 2.00 bits per heavy atom. The van der Waals surface area contributed by atoms with Crippen molar-refractivity contribution >= 4 is 0 Å². The third-order valence-corrected chi connectivity index (χ3v) is 1.15. The Morgan fingerprint density at radius 3 is 2.33 bits per heavy atom. The first-order chi connectivity index (χ1) is 4.16. The van der Waals surface area contributed by atoms with Gasteiger partial charge >= 0.3 is 0 Å². The predicted molar refractivity (Wildman–Crippen MR) is 37.1 cm³/mol. The van der Waals surface area contributed by atoms with Gasteiger partial charge in [0.25, 0.3) is 0 Å². The van der Waals surface area contributed by atoms with Crippen molar-refractivity contribution in [1.82, 2.24) is 0 Å². The van der Waals surface area contributed by atoms with Gasteiger partial charge in [-0.2, -0.15) is 0 Å². The summed E-state index contributed by atoms with van der Waals surface area (Å²) in [5.41, 5.74) is 0. The van der Waals surface area contributed by atoms with Crippen LogP contribution in [0, 0.1) is 0 Å². The lowest BCUT2D eigenvalue weighted by Crippen LogP contribution is -2.07. The van der Waals surface area contributed by atoms with E-state index in [0.717, 1.165) is 0 Å². The lowest BCUT2D eigenvalue weighted by Gasteiger charge is -2.05. The lowest BCUT2D eigenvalue weighted by molar-refractivity contribution is 0.146. The maximum atomic E-state index is 8.88. The monoisotopic (exact) mass is 130 g/mol. The second-order valence-corrected chi connectivity index (χ2v) is 2.23. The molecule has 2 nitrogen and oxygen atoms in total. The maximum absolute atomic E-state index is 8.88. The van der Waals surface area contributed by atoms with Crippen LogP contribution in [0.1, 0.15) is 19.8 Å². The van der Waals surface area contributed by atoms with E-state index in [2.05, 4.69) is 6.58 Å². The molecule has 2 N–H and O–H groups in total. The van der Waals surface area contributed by atoms with Gasteiger partial charge in [0, 0.05) is 0 Å². The molecule has 2 heteroatoms. The van der Waals surface area contributed by atoms with E-state index < -0.39 is 6.10 Å². The molecule has 0 bridgehead atoms. The van der Waals surface area contributed by atoms with Gasteiger partial charge in [0.15, 0.2) is 0 Å². The van der Waals surface area contributed by atoms with Crippen LogP contribution in [-0.2, 0) is 0 Å². The van der Waals surface area contributed by atoms with Gasteiger partial charge in [-0.3, -0.25) is 0 Å². The van der Waals surface area contributed by atoms with Gasteiger partial charge in [0.1, 0.15) is 0 Å². The fraction of sp³-hybridized carbons (Fsp3) is 0.714. The van der Waals surface area contributed by atoms with Crippen molar-refractivity contribution in [3.05, 3.63) is 12.7 Å². The Hall–Kier alpha value is -0.340. The molecule has 0 rings (SSSR count). The van der Waals surface area contributed by atoms with Crippen LogP contribution in [0.25, 0.3) is 0 Å². The van der Waals surface area contributed by atoms with Gasteiger partial charge in [0.2, 0.25) is 0 Å². The summed E-state index contributed by atoms with van der Waals surface area (Å²) < 4.78 is 0. The molecule has 0 aliphatic heterocycles. The highest BCUT2D eigenvalue weighted by molar-refractivity contribution is 4.77. The van der Waals surface area contributed by atoms with E-state index in [1.165, 1.54) is 6.08 Å². The number of aliphatic hydroxyl groups is 2. The van der Waals surface area contributed by atoms with Crippen molar-refractivity contribution in [2.75, 3.05) is 0 Å². The van der Waals surface area contributed by atoms with Gasteiger partial charge in [-0.1, -0.05) is 6.08 Å². The summed E-state index contributed by atoms with van der Waals surface area (Å²) in [4.78, 5) is 0. The van der Waals surface area contributed by atoms with Gasteiger partial charge in [-0.05, 0) is 19.8 Å². The first-order valence-electron chi connectivity index (χ1n) is 3.15. The Labute approximate surface area is 55.8 Å². The van der Waals surface area contributed by atoms with Crippen molar-refractivity contribution in [2.24, 2.45) is 0 Å². The summed E-state index contributed by atoms with van der Waals surface area (Å²) in [6.07, 6.45) is 1.93. The van der Waals surface area contributed by atoms with E-state index in [4.69, 9.17) is 10.2 Å². The molecule has 0 saturated heterocycles. The second kappa shape index (κ2) is 4.53. The predicted octanol–water partition coefficient (Wildman–Crippen LogP) is 0.694. The molecule has 0 aromatic carbocycles. The molecule has 0 heterocycles. The van der Waals surface area contributed by atoms with E-state index in [9.17, 15) is 0 Å². The standard InChI is InChI=1S/C7H14O2/c1-3-7(9)5-4-6(2)8/h3,6-9H,1,4-5H2,2H3/t6-,7?/m1/s1. The van der Waals surface area contributed by atoms with Gasteiger partial charge < -0.3 is 10.2 Å². The smallest absolute Gasteiger partial charge is 0.0719 e. The third-order valence-electron chi connectivity index (χ3n) is 1.15. The molecule has 0 amide bonds. The minimum Gasteiger partial charge on any atom is -0.393 e. The van der Waals surface area contributed by atoms with Crippen LogP contribution in [0.2, 0.25) is 0 Å². The molecule has 0 aliphatic carbocycles. The van der Waals surface area contributed by atoms with Crippen LogP contribution in [-0.4, -0.2) is 22.4 Å². The van der Waals surface area contributed by atoms with E-state index in [-0.39, 0.29) is 6.10 Å². The fourth-order valence-corrected chi connectivity index (χ4v) is 0.530. The summed E-state index contributed by atoms with van der Waals surface area (Å²) >= 11 is 0. The summed E-state index contributed by atoms with van der Waals surface area (Å²) in [6, 6.07) is 0. The first-order valence-corrected chi connectivity index (χ1v) is 3.15. The Bertz CT molecular complexity index is 79.0. The molecule has 0 spiro atoms. The van der Waals surface area contributed by atoms with Crippen LogP contribution in [0.15, 0.2) is 12.7 Å². The average molecular weight is 130 g/mol. The van der Waals surface area contributed by atoms with Crippen LogP contribution in [0.3, 0.4) is 0 Å². The quantitative estimate of drug-likeness (QED) is 0.550. The molecule has 9 heavy (non-hydrogen) atoms. The highest BCUT2D eigenvalue weighted by atomic mass is 16.3. The van der Waals surface area contributed by atoms with Gasteiger partial charge in [-0.15, -0.1) is 6.58 Å². The summed E-state index contributed by atoms with van der Waals surface area (Å²) in [7, 11) is 0. The summed E-state index contributed by atoms with van der Waals surface area (Å²) in [5, 5.41) is 17.6. The number of aliphatic hydroxyl groups excluding tert-OH is 2. The molecule has 0 saturated carbocycles. The second-order valence-electron chi connectivity index (χ2n) is 2.23. The summed E-state index contributed by atoms with van der Waals surface area (Å²) in [6.45, 7) is 5.11. The normalized spacial score (nSPS) is 16.8. The van der Waals surface area contributed by atoms with Gasteiger partial charge in [-0.25, -0.2) is 0 Å². The molecule has 1 unspecified atom stereocenters. The zero-order valence-corrected chi connectivity index (χ0v) is 5.75. The highest BCUT2D eigenvalue weighted by Gasteiger charge is 2.00. The lowest BCUT2D eigenvalue weighted by atomic mass is 10.1. The molecule has 2 atom stereocenters. The summed E-state index contributed by atoms with van der Waals surface area (Å²) in [5.74, 6) is 0. The van der Waals surface area contributed by atoms with Crippen LogP contribution in [0.4, 0.5) is 0 Å². The molecule has 54 valence electrons. The molecule has 0 aromatic rings. The zero-order valence-electron chi connectivity index (χ0n) is 5.75. The SMILES string of the molecule is C=CC(O)CC[C@@H](C)O. The molecule has 0 aliphatic rings. The first kappa shape index (κ1) is 8.66. The molecule has 0 radical (unpaired) electrons. The van der Waals surface area contributed by atoms with Crippen molar-refractivity contribution in [2.45, 2.75) is 32.0 Å². The van der Waals surface area contributed by atoms with Crippen LogP contribution >= 0.6 is 0 Å². The Morgan fingerprint density at radius 1 is 1.44 bits per heavy atom. The van der Waals surface area contributed by atoms with E-state index >= 15 is 0 Å². The number of hydrogen-bond acceptors (Lipinski definition) is 2. The minimum absolute atomic E-state index is 0.320. The Balaban J connectivity index is 3.16. The topological polar surface area (TPSA) is 40.5 Å². The van der Waals surface area contributed by atoms with Crippen LogP contribution in [0.5, 0.6) is 0 Å². The van der Waals surface area contributed by atoms with E-state index in [1.807, 2.05) is 0 Å². The van der Waals surface area contributed by atoms with Crippen molar-refractivity contribution in [3.63, 3.8) is 0 Å². The maximum Gasteiger partial charge on any atom is 0.0719 e. The molecular formula is C7H14O2. The highest BCUT2D eigenvalue weighted by Crippen LogP contribution is 2.00. The third kappa shape index (κ3) is 5.53. The number of rotatable bonds is 4. The molecule has 0 aromatic heterocycles. The fourth-order valence-electron chi connectivity index (χ4n) is 0.530. The van der Waals surface area contributed by atoms with Crippen LogP contribution < -0.4 is 0 Å². The number of hydrogen-bond donors (Lipinski definition) is 2. The Kier molecular flexibility index (Phi) is 4.36. The zero-order chi connectivity index (χ0) is 7.28. The average Bonchev–Trinajstić information content (AvgIpc) is 1.83. The van der Waals surface area contributed by atoms with Crippen molar-refractivity contribution < 1.29 is 10.2 Å². The molecular weight excluding hydrogens is 116 g/mol. The van der Waals surface area contributed by atoms with Crippen molar-refractivity contribution in [1.29, 1.82) is 0 Å². The minimum atomic E-state index is -0.459.